The topological polar surface area (TPSA) is 90.7 Å². The highest BCUT2D eigenvalue weighted by molar-refractivity contribution is 7.19. The first kappa shape index (κ1) is 27.7. The average Bonchev–Trinajstić information content (AvgIpc) is 3.50. The Bertz CT molecular complexity index is 1600. The SMILES string of the molecule is CN(C)CCNC(=O)[C@@H]1[C@@H](CO)[C@@H]2Cn3c(cccc3=O)[C@H]1N2c1nc(-c2ccc(Cl)cc2)c(-c2ccccc2)s1. The van der Waals surface area contributed by atoms with Crippen molar-refractivity contribution in [2.75, 3.05) is 38.7 Å². The second-order valence-corrected chi connectivity index (χ2v) is 12.2. The maximum atomic E-state index is 13.8. The number of aliphatic hydroxyl groups excluding tert-OH is 1. The minimum atomic E-state index is -0.550. The number of fused-ring (bicyclic) bond motifs is 4. The Labute approximate surface area is 247 Å². The third-order valence-electron chi connectivity index (χ3n) is 8.07. The molecule has 1 fully saturated rings. The number of benzene rings is 2. The second kappa shape index (κ2) is 11.4. The fourth-order valence-electron chi connectivity index (χ4n) is 6.15. The molecule has 2 N–H and O–H groups in total. The Kier molecular flexibility index (Phi) is 7.70. The molecule has 2 bridgehead atoms. The van der Waals surface area contributed by atoms with Crippen LogP contribution in [0.25, 0.3) is 21.7 Å². The van der Waals surface area contributed by atoms with Gasteiger partial charge in [0.25, 0.3) is 5.56 Å². The fraction of sp³-hybridized carbons (Fsp3) is 0.323. The van der Waals surface area contributed by atoms with E-state index in [0.717, 1.165) is 32.5 Å². The van der Waals surface area contributed by atoms with E-state index in [9.17, 15) is 14.7 Å². The Morgan fingerprint density at radius 2 is 1.83 bits per heavy atom. The molecule has 41 heavy (non-hydrogen) atoms. The molecule has 212 valence electrons. The Balaban J connectivity index is 1.49. The molecule has 2 aromatic heterocycles. The summed E-state index contributed by atoms with van der Waals surface area (Å²) < 4.78 is 1.76. The van der Waals surface area contributed by atoms with Crippen LogP contribution in [0.4, 0.5) is 5.13 Å². The normalized spacial score (nSPS) is 21.2. The third kappa shape index (κ3) is 5.08. The van der Waals surface area contributed by atoms with Gasteiger partial charge in [-0.05, 0) is 37.9 Å². The highest BCUT2D eigenvalue weighted by atomic mass is 35.5. The van der Waals surface area contributed by atoms with Gasteiger partial charge in [0, 0.05) is 54.5 Å². The summed E-state index contributed by atoms with van der Waals surface area (Å²) in [6.07, 6.45) is 0. The van der Waals surface area contributed by atoms with Crippen molar-refractivity contribution in [3.63, 3.8) is 0 Å². The van der Waals surface area contributed by atoms with E-state index in [1.54, 1.807) is 28.0 Å². The molecule has 0 saturated carbocycles. The van der Waals surface area contributed by atoms with Crippen LogP contribution >= 0.6 is 22.9 Å². The molecule has 4 heterocycles. The van der Waals surface area contributed by atoms with E-state index in [0.29, 0.717) is 24.7 Å². The lowest BCUT2D eigenvalue weighted by Crippen LogP contribution is -2.46. The summed E-state index contributed by atoms with van der Waals surface area (Å²) in [6.45, 7) is 1.39. The smallest absolute Gasteiger partial charge is 0.250 e. The Hall–Kier alpha value is -3.50. The third-order valence-corrected chi connectivity index (χ3v) is 9.44. The van der Waals surface area contributed by atoms with Gasteiger partial charge in [-0.25, -0.2) is 4.98 Å². The minimum absolute atomic E-state index is 0.103. The number of rotatable bonds is 8. The van der Waals surface area contributed by atoms with E-state index < -0.39 is 12.0 Å². The number of hydrogen-bond donors (Lipinski definition) is 2. The van der Waals surface area contributed by atoms with E-state index >= 15 is 0 Å². The van der Waals surface area contributed by atoms with Crippen molar-refractivity contribution >= 4 is 34.0 Å². The first-order chi connectivity index (χ1) is 19.9. The molecule has 10 heteroatoms. The molecule has 0 spiro atoms. The predicted octanol–water partition coefficient (Wildman–Crippen LogP) is 4.14. The van der Waals surface area contributed by atoms with Gasteiger partial charge in [0.05, 0.1) is 28.6 Å². The van der Waals surface area contributed by atoms with Crippen LogP contribution in [-0.2, 0) is 11.3 Å². The van der Waals surface area contributed by atoms with Crippen molar-refractivity contribution in [2.24, 2.45) is 11.8 Å². The molecule has 2 aliphatic rings. The number of nitrogens with one attached hydrogen (secondary N) is 1. The molecule has 1 amide bonds. The average molecular weight is 590 g/mol. The van der Waals surface area contributed by atoms with Gasteiger partial charge in [0.2, 0.25) is 5.91 Å². The van der Waals surface area contributed by atoms with Gasteiger partial charge in [0.15, 0.2) is 5.13 Å². The van der Waals surface area contributed by atoms with E-state index in [4.69, 9.17) is 16.6 Å². The van der Waals surface area contributed by atoms with Gasteiger partial charge < -0.3 is 24.8 Å². The van der Waals surface area contributed by atoms with Crippen molar-refractivity contribution in [3.05, 3.63) is 93.9 Å². The Morgan fingerprint density at radius 3 is 2.54 bits per heavy atom. The maximum absolute atomic E-state index is 13.8. The summed E-state index contributed by atoms with van der Waals surface area (Å²) in [4.78, 5) is 37.1. The van der Waals surface area contributed by atoms with Crippen LogP contribution in [0.1, 0.15) is 11.7 Å². The van der Waals surface area contributed by atoms with E-state index in [-0.39, 0.29) is 30.0 Å². The van der Waals surface area contributed by atoms with Crippen LogP contribution in [0.15, 0.2) is 77.6 Å². The molecule has 0 aliphatic carbocycles. The van der Waals surface area contributed by atoms with Crippen LogP contribution in [0.2, 0.25) is 5.02 Å². The number of amides is 1. The van der Waals surface area contributed by atoms with Crippen LogP contribution < -0.4 is 15.8 Å². The molecule has 6 rings (SSSR count). The first-order valence-electron chi connectivity index (χ1n) is 13.7. The lowest BCUT2D eigenvalue weighted by Gasteiger charge is -2.38. The summed E-state index contributed by atoms with van der Waals surface area (Å²) in [5.41, 5.74) is 3.47. The van der Waals surface area contributed by atoms with Crippen molar-refractivity contribution < 1.29 is 9.90 Å². The van der Waals surface area contributed by atoms with Crippen molar-refractivity contribution in [2.45, 2.75) is 18.6 Å². The van der Waals surface area contributed by atoms with Gasteiger partial charge in [-0.1, -0.05) is 71.5 Å². The van der Waals surface area contributed by atoms with Crippen molar-refractivity contribution in [1.82, 2.24) is 19.8 Å². The number of hydrogen-bond acceptors (Lipinski definition) is 7. The number of carbonyl (C=O) groups is 1. The highest BCUT2D eigenvalue weighted by Gasteiger charge is 2.56. The number of halogens is 1. The molecule has 0 unspecified atom stereocenters. The predicted molar refractivity (Wildman–Crippen MR) is 163 cm³/mol. The number of likely N-dealkylation sites (N-methyl/N-ethyl adjacent to an activating group) is 1. The summed E-state index contributed by atoms with van der Waals surface area (Å²) in [6, 6.07) is 22.2. The number of aliphatic hydroxyl groups is 1. The van der Waals surface area contributed by atoms with Gasteiger partial charge in [-0.2, -0.15) is 0 Å². The zero-order chi connectivity index (χ0) is 28.7. The van der Waals surface area contributed by atoms with Gasteiger partial charge in [-0.15, -0.1) is 0 Å². The molecule has 1 saturated heterocycles. The first-order valence-corrected chi connectivity index (χ1v) is 14.9. The fourth-order valence-corrected chi connectivity index (χ4v) is 7.46. The minimum Gasteiger partial charge on any atom is -0.396 e. The number of nitrogens with zero attached hydrogens (tertiary/aromatic N) is 4. The largest absolute Gasteiger partial charge is 0.396 e. The number of thiazole rings is 1. The van der Waals surface area contributed by atoms with E-state index in [1.807, 2.05) is 67.5 Å². The van der Waals surface area contributed by atoms with Crippen LogP contribution in [0, 0.1) is 11.8 Å². The van der Waals surface area contributed by atoms with Gasteiger partial charge in [-0.3, -0.25) is 9.59 Å². The van der Waals surface area contributed by atoms with Crippen molar-refractivity contribution in [3.8, 4) is 21.7 Å². The van der Waals surface area contributed by atoms with Gasteiger partial charge >= 0.3 is 0 Å². The monoisotopic (exact) mass is 589 g/mol. The zero-order valence-electron chi connectivity index (χ0n) is 22.9. The van der Waals surface area contributed by atoms with Crippen LogP contribution in [0.3, 0.4) is 0 Å². The number of anilines is 1. The summed E-state index contributed by atoms with van der Waals surface area (Å²) in [5.74, 6) is -1.04. The number of aromatic nitrogens is 2. The van der Waals surface area contributed by atoms with Gasteiger partial charge in [0.1, 0.15) is 0 Å². The van der Waals surface area contributed by atoms with Crippen LogP contribution in [0.5, 0.6) is 0 Å². The zero-order valence-corrected chi connectivity index (χ0v) is 24.5. The molecular formula is C31H32ClN5O3S. The number of carbonyl (C=O) groups excluding carboxylic acids is 1. The molecule has 0 radical (unpaired) electrons. The maximum Gasteiger partial charge on any atom is 0.250 e. The van der Waals surface area contributed by atoms with Crippen molar-refractivity contribution in [1.29, 1.82) is 0 Å². The molecular weight excluding hydrogens is 558 g/mol. The number of pyridine rings is 1. The molecule has 2 aromatic carbocycles. The molecule has 2 aliphatic heterocycles. The van der Waals surface area contributed by atoms with E-state index in [2.05, 4.69) is 22.3 Å². The highest BCUT2D eigenvalue weighted by Crippen LogP contribution is 2.53. The lowest BCUT2D eigenvalue weighted by atomic mass is 9.86. The van der Waals surface area contributed by atoms with Crippen LogP contribution in [-0.4, -0.2) is 65.3 Å². The second-order valence-electron chi connectivity index (χ2n) is 10.8. The lowest BCUT2D eigenvalue weighted by molar-refractivity contribution is -0.127. The summed E-state index contributed by atoms with van der Waals surface area (Å²) in [5, 5.41) is 15.2. The quantitative estimate of drug-likeness (QED) is 0.321. The Morgan fingerprint density at radius 1 is 1.07 bits per heavy atom. The molecule has 4 aromatic rings. The van der Waals surface area contributed by atoms with E-state index in [1.165, 1.54) is 0 Å². The molecule has 8 nitrogen and oxygen atoms in total. The summed E-state index contributed by atoms with van der Waals surface area (Å²) >= 11 is 7.77. The molecule has 4 atom stereocenters. The standard InChI is InChI=1S/C31H32ClN5O3S/c1-35(2)16-15-33-30(40)26-22(18-38)24-17-36-23(9-6-10-25(36)39)28(26)37(24)31-34-27(19-11-13-21(32)14-12-19)29(41-31)20-7-4-3-5-8-20/h3-14,22,24,26,28,38H,15-18H2,1-2H3,(H,33,40)/t22-,24-,26+,28+/m0/s1. The summed E-state index contributed by atoms with van der Waals surface area (Å²) in [7, 11) is 3.92.